The van der Waals surface area contributed by atoms with E-state index in [0.29, 0.717) is 0 Å². The molecule has 2 rings (SSSR count). The first-order chi connectivity index (χ1) is 10.2. The zero-order chi connectivity index (χ0) is 15.1. The van der Waals surface area contributed by atoms with Crippen LogP contribution in [0.1, 0.15) is 6.42 Å². The van der Waals surface area contributed by atoms with E-state index in [1.807, 2.05) is 6.07 Å². The molecule has 1 aliphatic rings. The van der Waals surface area contributed by atoms with Crippen LogP contribution in [-0.4, -0.2) is 63.8 Å². The monoisotopic (exact) mass is 291 g/mol. The molecule has 1 aromatic rings. The van der Waals surface area contributed by atoms with Gasteiger partial charge in [0, 0.05) is 38.4 Å². The Bertz CT molecular complexity index is 430. The Hall–Kier alpha value is -1.59. The summed E-state index contributed by atoms with van der Waals surface area (Å²) in [6, 6.07) is 10.3. The molecule has 116 valence electrons. The van der Waals surface area contributed by atoms with E-state index in [0.717, 1.165) is 39.1 Å². The van der Waals surface area contributed by atoms with Crippen molar-refractivity contribution in [3.8, 4) is 0 Å². The number of benzene rings is 1. The Kier molecular flexibility index (Phi) is 6.02. The van der Waals surface area contributed by atoms with E-state index in [1.54, 1.807) is 7.05 Å². The topological polar surface area (TPSA) is 44.8 Å². The highest BCUT2D eigenvalue weighted by atomic mass is 16.5. The first kappa shape index (κ1) is 15.8. The zero-order valence-electron chi connectivity index (χ0n) is 12.9. The number of carbonyl (C=O) groups excluding carboxylic acids is 1. The molecule has 5 heteroatoms. The number of esters is 1. The molecule has 0 amide bonds. The first-order valence-electron chi connectivity index (χ1n) is 7.52. The van der Waals surface area contributed by atoms with Crippen molar-refractivity contribution in [2.24, 2.45) is 0 Å². The molecule has 0 aliphatic carbocycles. The lowest BCUT2D eigenvalue weighted by Gasteiger charge is -2.36. The van der Waals surface area contributed by atoms with Crippen LogP contribution in [0.4, 0.5) is 5.69 Å². The molecular weight excluding hydrogens is 266 g/mol. The van der Waals surface area contributed by atoms with Crippen molar-refractivity contribution in [3.63, 3.8) is 0 Å². The van der Waals surface area contributed by atoms with Gasteiger partial charge in [-0.3, -0.25) is 9.69 Å². The lowest BCUT2D eigenvalue weighted by atomic mass is 10.2. The molecule has 1 aromatic carbocycles. The molecule has 1 heterocycles. The van der Waals surface area contributed by atoms with Crippen LogP contribution in [0.3, 0.4) is 0 Å². The van der Waals surface area contributed by atoms with E-state index >= 15 is 0 Å². The molecule has 0 bridgehead atoms. The normalized spacial score (nSPS) is 17.5. The molecule has 1 aliphatic heterocycles. The van der Waals surface area contributed by atoms with Gasteiger partial charge in [0.2, 0.25) is 0 Å². The minimum atomic E-state index is -0.206. The highest BCUT2D eigenvalue weighted by Gasteiger charge is 2.21. The van der Waals surface area contributed by atoms with Gasteiger partial charge in [-0.05, 0) is 25.6 Å². The molecule has 1 N–H and O–H groups in total. The Morgan fingerprint density at radius 3 is 2.48 bits per heavy atom. The van der Waals surface area contributed by atoms with Gasteiger partial charge in [-0.2, -0.15) is 0 Å². The number of rotatable bonds is 6. The lowest BCUT2D eigenvalue weighted by Crippen LogP contribution is -2.48. The second-order valence-electron chi connectivity index (χ2n) is 5.32. The Morgan fingerprint density at radius 1 is 1.24 bits per heavy atom. The number of carbonyl (C=O) groups is 1. The third-order valence-corrected chi connectivity index (χ3v) is 4.06. The van der Waals surface area contributed by atoms with E-state index < -0.39 is 0 Å². The number of piperazine rings is 1. The van der Waals surface area contributed by atoms with E-state index in [1.165, 1.54) is 12.8 Å². The molecule has 0 spiro atoms. The van der Waals surface area contributed by atoms with Crippen LogP contribution in [0.2, 0.25) is 0 Å². The summed E-state index contributed by atoms with van der Waals surface area (Å²) < 4.78 is 4.79. The SMILES string of the molecule is CNC(CCN1CCN(c2ccccc2)CC1)C(=O)OC. The van der Waals surface area contributed by atoms with Crippen LogP contribution >= 0.6 is 0 Å². The summed E-state index contributed by atoms with van der Waals surface area (Å²) in [6.07, 6.45) is 0.786. The maximum absolute atomic E-state index is 11.5. The number of hydrogen-bond donors (Lipinski definition) is 1. The molecule has 5 nitrogen and oxygen atoms in total. The number of methoxy groups -OCH3 is 1. The number of hydrogen-bond acceptors (Lipinski definition) is 5. The van der Waals surface area contributed by atoms with Crippen molar-refractivity contribution in [1.82, 2.24) is 10.2 Å². The molecule has 0 radical (unpaired) electrons. The molecule has 1 unspecified atom stereocenters. The predicted octanol–water partition coefficient (Wildman–Crippen LogP) is 0.960. The number of para-hydroxylation sites is 1. The fourth-order valence-electron chi connectivity index (χ4n) is 2.70. The van der Waals surface area contributed by atoms with Gasteiger partial charge >= 0.3 is 5.97 Å². The quantitative estimate of drug-likeness (QED) is 0.791. The largest absolute Gasteiger partial charge is 0.468 e. The van der Waals surface area contributed by atoms with Crippen molar-refractivity contribution in [3.05, 3.63) is 30.3 Å². The van der Waals surface area contributed by atoms with Crippen LogP contribution in [0, 0.1) is 0 Å². The van der Waals surface area contributed by atoms with Gasteiger partial charge in [0.1, 0.15) is 6.04 Å². The maximum atomic E-state index is 11.5. The van der Waals surface area contributed by atoms with Crippen molar-refractivity contribution < 1.29 is 9.53 Å². The zero-order valence-corrected chi connectivity index (χ0v) is 12.9. The summed E-state index contributed by atoms with van der Waals surface area (Å²) in [6.45, 7) is 5.06. The summed E-state index contributed by atoms with van der Waals surface area (Å²) in [7, 11) is 3.24. The third-order valence-electron chi connectivity index (χ3n) is 4.06. The minimum Gasteiger partial charge on any atom is -0.468 e. The molecule has 1 saturated heterocycles. The molecule has 21 heavy (non-hydrogen) atoms. The van der Waals surface area contributed by atoms with Crippen molar-refractivity contribution in [2.45, 2.75) is 12.5 Å². The molecule has 1 fully saturated rings. The standard InChI is InChI=1S/C16H25N3O2/c1-17-15(16(20)21-2)8-9-18-10-12-19(13-11-18)14-6-4-3-5-7-14/h3-7,15,17H,8-13H2,1-2H3. The van der Waals surface area contributed by atoms with Gasteiger partial charge in [-0.1, -0.05) is 18.2 Å². The third kappa shape index (κ3) is 4.44. The van der Waals surface area contributed by atoms with Crippen LogP contribution in [0.25, 0.3) is 0 Å². The summed E-state index contributed by atoms with van der Waals surface area (Å²) in [5.74, 6) is -0.180. The lowest BCUT2D eigenvalue weighted by molar-refractivity contribution is -0.143. The van der Waals surface area contributed by atoms with Crippen LogP contribution < -0.4 is 10.2 Å². The Labute approximate surface area is 126 Å². The van der Waals surface area contributed by atoms with Crippen molar-refractivity contribution >= 4 is 11.7 Å². The summed E-state index contributed by atoms with van der Waals surface area (Å²) in [4.78, 5) is 16.4. The van der Waals surface area contributed by atoms with Gasteiger partial charge in [-0.15, -0.1) is 0 Å². The molecule has 0 aromatic heterocycles. The van der Waals surface area contributed by atoms with E-state index in [-0.39, 0.29) is 12.0 Å². The minimum absolute atomic E-state index is 0.180. The fourth-order valence-corrected chi connectivity index (χ4v) is 2.70. The Balaban J connectivity index is 1.75. The number of anilines is 1. The smallest absolute Gasteiger partial charge is 0.322 e. The van der Waals surface area contributed by atoms with Gasteiger partial charge in [-0.25, -0.2) is 0 Å². The molecule has 1 atom stereocenters. The van der Waals surface area contributed by atoms with Gasteiger partial charge in [0.25, 0.3) is 0 Å². The van der Waals surface area contributed by atoms with E-state index in [9.17, 15) is 4.79 Å². The highest BCUT2D eigenvalue weighted by molar-refractivity contribution is 5.75. The maximum Gasteiger partial charge on any atom is 0.322 e. The highest BCUT2D eigenvalue weighted by Crippen LogP contribution is 2.15. The molecular formula is C16H25N3O2. The van der Waals surface area contributed by atoms with Crippen LogP contribution in [0.15, 0.2) is 30.3 Å². The average Bonchev–Trinajstić information content (AvgIpc) is 2.56. The number of likely N-dealkylation sites (N-methyl/N-ethyl adjacent to an activating group) is 1. The van der Waals surface area contributed by atoms with E-state index in [2.05, 4.69) is 39.4 Å². The summed E-state index contributed by atoms with van der Waals surface area (Å²) >= 11 is 0. The average molecular weight is 291 g/mol. The summed E-state index contributed by atoms with van der Waals surface area (Å²) in [5, 5.41) is 3.02. The molecule has 0 saturated carbocycles. The van der Waals surface area contributed by atoms with Crippen LogP contribution in [0.5, 0.6) is 0 Å². The van der Waals surface area contributed by atoms with Crippen molar-refractivity contribution in [1.29, 1.82) is 0 Å². The van der Waals surface area contributed by atoms with Gasteiger partial charge in [0.05, 0.1) is 7.11 Å². The second-order valence-corrected chi connectivity index (χ2v) is 5.32. The van der Waals surface area contributed by atoms with Gasteiger partial charge in [0.15, 0.2) is 0 Å². The first-order valence-corrected chi connectivity index (χ1v) is 7.52. The fraction of sp³-hybridized carbons (Fsp3) is 0.562. The number of nitrogens with zero attached hydrogens (tertiary/aromatic N) is 2. The van der Waals surface area contributed by atoms with Crippen molar-refractivity contribution in [2.75, 3.05) is 51.8 Å². The number of nitrogens with one attached hydrogen (secondary N) is 1. The van der Waals surface area contributed by atoms with E-state index in [4.69, 9.17) is 4.74 Å². The number of ether oxygens (including phenoxy) is 1. The summed E-state index contributed by atoms with van der Waals surface area (Å²) in [5.41, 5.74) is 1.29. The Morgan fingerprint density at radius 2 is 1.90 bits per heavy atom. The second kappa shape index (κ2) is 8.00. The predicted molar refractivity (Wildman–Crippen MR) is 84.6 cm³/mol. The van der Waals surface area contributed by atoms with Crippen LogP contribution in [-0.2, 0) is 9.53 Å². The van der Waals surface area contributed by atoms with Gasteiger partial charge < -0.3 is 15.0 Å².